The number of fused-ring (bicyclic) bond motifs is 1. The summed E-state index contributed by atoms with van der Waals surface area (Å²) >= 11 is 1.31. The van der Waals surface area contributed by atoms with Crippen molar-refractivity contribution in [2.45, 2.75) is 12.2 Å². The third-order valence-electron chi connectivity index (χ3n) is 3.86. The third-order valence-corrected chi connectivity index (χ3v) is 6.38. The molecule has 0 aliphatic carbocycles. The monoisotopic (exact) mass is 389 g/mol. The summed E-state index contributed by atoms with van der Waals surface area (Å²) in [6.07, 6.45) is 4.84. The fourth-order valence-electron chi connectivity index (χ4n) is 2.69. The zero-order valence-corrected chi connectivity index (χ0v) is 15.9. The summed E-state index contributed by atoms with van der Waals surface area (Å²) in [7, 11) is -1.67. The maximum Gasteiger partial charge on any atom is 0.241 e. The summed E-state index contributed by atoms with van der Waals surface area (Å²) in [4.78, 5) is 4.50. The van der Waals surface area contributed by atoms with Gasteiger partial charge < -0.3 is 4.42 Å². The van der Waals surface area contributed by atoms with Crippen molar-refractivity contribution in [1.82, 2.24) is 25.0 Å². The Bertz CT molecular complexity index is 1210. The van der Waals surface area contributed by atoms with Crippen LogP contribution >= 0.6 is 11.3 Å². The van der Waals surface area contributed by atoms with Crippen LogP contribution in [0.15, 0.2) is 35.0 Å². The summed E-state index contributed by atoms with van der Waals surface area (Å²) < 4.78 is 32.7. The van der Waals surface area contributed by atoms with E-state index in [1.807, 2.05) is 31.4 Å². The van der Waals surface area contributed by atoms with E-state index in [1.165, 1.54) is 11.3 Å². The average Bonchev–Trinajstić information content (AvgIpc) is 3.25. The van der Waals surface area contributed by atoms with Crippen molar-refractivity contribution in [1.29, 1.82) is 0 Å². The number of benzene rings is 1. The van der Waals surface area contributed by atoms with Crippen molar-refractivity contribution in [3.05, 3.63) is 47.4 Å². The van der Waals surface area contributed by atoms with Gasteiger partial charge >= 0.3 is 0 Å². The van der Waals surface area contributed by atoms with Gasteiger partial charge in [-0.25, -0.2) is 13.4 Å². The molecule has 0 saturated carbocycles. The zero-order valence-electron chi connectivity index (χ0n) is 14.2. The number of aromatic nitrogens is 5. The van der Waals surface area contributed by atoms with E-state index in [0.29, 0.717) is 10.9 Å². The normalized spacial score (nSPS) is 13.3. The van der Waals surface area contributed by atoms with Gasteiger partial charge in [0.05, 0.1) is 16.4 Å². The van der Waals surface area contributed by atoms with Crippen LogP contribution in [0.2, 0.25) is 0 Å². The largest absolute Gasteiger partial charge is 0.424 e. The minimum atomic E-state index is -3.53. The molecule has 0 fully saturated rings. The van der Waals surface area contributed by atoms with E-state index in [4.69, 9.17) is 4.42 Å². The Balaban J connectivity index is 1.83. The molecule has 0 amide bonds. The first kappa shape index (κ1) is 16.9. The highest BCUT2D eigenvalue weighted by Crippen LogP contribution is 2.36. The van der Waals surface area contributed by atoms with Crippen molar-refractivity contribution in [2.24, 2.45) is 7.05 Å². The van der Waals surface area contributed by atoms with Gasteiger partial charge in [0.2, 0.25) is 11.8 Å². The molecule has 0 saturated heterocycles. The number of nitrogens with zero attached hydrogens (tertiary/aromatic N) is 5. The van der Waals surface area contributed by atoms with Crippen LogP contribution in [-0.2, 0) is 16.9 Å². The van der Waals surface area contributed by atoms with Gasteiger partial charge in [0.1, 0.15) is 5.01 Å². The minimum absolute atomic E-state index is 0.0385. The van der Waals surface area contributed by atoms with Gasteiger partial charge in [0, 0.05) is 32.0 Å². The average molecular weight is 389 g/mol. The van der Waals surface area contributed by atoms with Crippen LogP contribution in [0.25, 0.3) is 21.3 Å². The first-order chi connectivity index (χ1) is 12.3. The van der Waals surface area contributed by atoms with E-state index in [0.717, 1.165) is 27.6 Å². The van der Waals surface area contributed by atoms with Crippen LogP contribution in [-0.4, -0.2) is 39.6 Å². The van der Waals surface area contributed by atoms with E-state index in [-0.39, 0.29) is 5.89 Å². The number of hydrogen-bond donors (Lipinski definition) is 0. The van der Waals surface area contributed by atoms with Crippen molar-refractivity contribution in [3.63, 3.8) is 0 Å². The van der Waals surface area contributed by atoms with Crippen LogP contribution in [0.3, 0.4) is 0 Å². The smallest absolute Gasteiger partial charge is 0.241 e. The van der Waals surface area contributed by atoms with E-state index in [1.54, 1.807) is 17.8 Å². The maximum atomic E-state index is 12.3. The lowest BCUT2D eigenvalue weighted by Gasteiger charge is -2.06. The van der Waals surface area contributed by atoms with Crippen LogP contribution in [0.4, 0.5) is 0 Å². The Morgan fingerprint density at radius 2 is 2.04 bits per heavy atom. The van der Waals surface area contributed by atoms with Crippen LogP contribution < -0.4 is 0 Å². The molecule has 0 aliphatic rings. The molecular weight excluding hydrogens is 374 g/mol. The molecule has 0 bridgehead atoms. The van der Waals surface area contributed by atoms with Crippen molar-refractivity contribution in [2.75, 3.05) is 6.26 Å². The van der Waals surface area contributed by atoms with Gasteiger partial charge in [0.25, 0.3) is 0 Å². The SMILES string of the molecule is Cc1nnc(C(c2nc3ccc(-c4cnn(C)c4)cc3s2)S(C)(=O)=O)o1. The highest BCUT2D eigenvalue weighted by Gasteiger charge is 2.33. The Morgan fingerprint density at radius 3 is 2.65 bits per heavy atom. The Kier molecular flexibility index (Phi) is 3.88. The predicted molar refractivity (Wildman–Crippen MR) is 97.5 cm³/mol. The molecule has 4 rings (SSSR count). The molecule has 134 valence electrons. The fourth-order valence-corrected chi connectivity index (χ4v) is 5.22. The fraction of sp³-hybridized carbons (Fsp3) is 0.250. The summed E-state index contributed by atoms with van der Waals surface area (Å²) in [6.45, 7) is 1.62. The van der Waals surface area contributed by atoms with Gasteiger partial charge in [-0.05, 0) is 17.7 Å². The number of sulfone groups is 1. The molecule has 1 aromatic carbocycles. The predicted octanol–water partition coefficient (Wildman–Crippen LogP) is 2.52. The topological polar surface area (TPSA) is 104 Å². The van der Waals surface area contributed by atoms with Crippen molar-refractivity contribution in [3.8, 4) is 11.1 Å². The van der Waals surface area contributed by atoms with Gasteiger partial charge in [0.15, 0.2) is 15.1 Å². The number of aryl methyl sites for hydroxylation is 2. The second-order valence-electron chi connectivity index (χ2n) is 6.01. The second-order valence-corrected chi connectivity index (χ2v) is 9.20. The van der Waals surface area contributed by atoms with E-state index in [9.17, 15) is 8.42 Å². The molecule has 0 radical (unpaired) electrons. The van der Waals surface area contributed by atoms with E-state index < -0.39 is 15.1 Å². The first-order valence-corrected chi connectivity index (χ1v) is 10.5. The van der Waals surface area contributed by atoms with Crippen molar-refractivity contribution >= 4 is 31.4 Å². The molecule has 1 unspecified atom stereocenters. The molecule has 1 atom stereocenters. The summed E-state index contributed by atoms with van der Waals surface area (Å²) in [5, 5.41) is 11.2. The highest BCUT2D eigenvalue weighted by molar-refractivity contribution is 7.91. The van der Waals surface area contributed by atoms with E-state index >= 15 is 0 Å². The lowest BCUT2D eigenvalue weighted by molar-refractivity contribution is 0.467. The maximum absolute atomic E-state index is 12.3. The summed E-state index contributed by atoms with van der Waals surface area (Å²) in [5.74, 6) is 0.352. The standard InChI is InChI=1S/C16H15N5O3S2/c1-9-19-20-15(24-9)14(26(3,22)23)16-18-12-5-4-10(6-13(12)25-16)11-7-17-21(2)8-11/h4-8,14H,1-3H3. The first-order valence-electron chi connectivity index (χ1n) is 7.69. The quantitative estimate of drug-likeness (QED) is 0.528. The molecule has 0 spiro atoms. The molecule has 3 heterocycles. The Hall–Kier alpha value is -2.59. The number of rotatable bonds is 4. The molecule has 26 heavy (non-hydrogen) atoms. The molecule has 10 heteroatoms. The van der Waals surface area contributed by atoms with Gasteiger partial charge in [-0.2, -0.15) is 5.10 Å². The summed E-state index contributed by atoms with van der Waals surface area (Å²) in [5.41, 5.74) is 2.70. The minimum Gasteiger partial charge on any atom is -0.424 e. The molecule has 4 aromatic rings. The van der Waals surface area contributed by atoms with Gasteiger partial charge in [-0.1, -0.05) is 6.07 Å². The Labute approximate surface area is 153 Å². The molecular formula is C16H15N5O3S2. The number of hydrogen-bond acceptors (Lipinski definition) is 8. The van der Waals surface area contributed by atoms with Crippen molar-refractivity contribution < 1.29 is 12.8 Å². The van der Waals surface area contributed by atoms with Crippen LogP contribution in [0, 0.1) is 6.92 Å². The zero-order chi connectivity index (χ0) is 18.5. The molecule has 3 aromatic heterocycles. The Morgan fingerprint density at radius 1 is 1.23 bits per heavy atom. The van der Waals surface area contributed by atoms with Gasteiger partial charge in [-0.3, -0.25) is 4.68 Å². The molecule has 0 N–H and O–H groups in total. The number of thiazole rings is 1. The highest BCUT2D eigenvalue weighted by atomic mass is 32.2. The molecule has 8 nitrogen and oxygen atoms in total. The summed E-state index contributed by atoms with van der Waals surface area (Å²) in [6, 6.07) is 5.79. The molecule has 0 aliphatic heterocycles. The lowest BCUT2D eigenvalue weighted by atomic mass is 10.1. The second kappa shape index (κ2) is 5.99. The van der Waals surface area contributed by atoms with Crippen LogP contribution in [0.1, 0.15) is 22.0 Å². The third kappa shape index (κ3) is 3.01. The van der Waals surface area contributed by atoms with Gasteiger partial charge in [-0.15, -0.1) is 21.5 Å². The lowest BCUT2D eigenvalue weighted by Crippen LogP contribution is -2.13. The van der Waals surface area contributed by atoms with E-state index in [2.05, 4.69) is 20.3 Å². The van der Waals surface area contributed by atoms with Crippen LogP contribution in [0.5, 0.6) is 0 Å².